The lowest BCUT2D eigenvalue weighted by Crippen LogP contribution is -2.11. The molecule has 0 aliphatic heterocycles. The molecular formula is C12H18FNO. The Labute approximate surface area is 89.8 Å². The van der Waals surface area contributed by atoms with Crippen molar-refractivity contribution < 1.29 is 9.13 Å². The topological polar surface area (TPSA) is 25.0 Å². The number of halogens is 1. The van der Waals surface area contributed by atoms with Gasteiger partial charge in [0.1, 0.15) is 0 Å². The molecule has 0 bridgehead atoms. The summed E-state index contributed by atoms with van der Waals surface area (Å²) in [6.45, 7) is 6.77. The van der Waals surface area contributed by atoms with E-state index >= 15 is 0 Å². The third-order valence-electron chi connectivity index (χ3n) is 2.70. The Bertz CT molecular complexity index is 347. The van der Waals surface area contributed by atoms with Crippen molar-refractivity contribution in [1.82, 2.24) is 4.98 Å². The Balaban J connectivity index is 2.06. The van der Waals surface area contributed by atoms with Crippen LogP contribution in [0.1, 0.15) is 39.3 Å². The Hall–Kier alpha value is -0.990. The van der Waals surface area contributed by atoms with Gasteiger partial charge in [-0.3, -0.25) is 0 Å². The van der Waals surface area contributed by atoms with Crippen LogP contribution < -0.4 is 4.74 Å². The average molecular weight is 211 g/mol. The maximum Gasteiger partial charge on any atom is 0.228 e. The predicted octanol–water partition coefficient (Wildman–Crippen LogP) is 3.24. The van der Waals surface area contributed by atoms with Crippen LogP contribution >= 0.6 is 0 Å². The lowest BCUT2D eigenvalue weighted by molar-refractivity contribution is 0.275. The summed E-state index contributed by atoms with van der Waals surface area (Å²) in [6.07, 6.45) is 2.43. The fourth-order valence-corrected chi connectivity index (χ4v) is 1.41. The first-order valence-electron chi connectivity index (χ1n) is 5.48. The normalized spacial score (nSPS) is 16.8. The fraction of sp³-hybridized carbons (Fsp3) is 0.667. The zero-order chi connectivity index (χ0) is 11.1. The number of nitrogens with one attached hydrogen (secondary N) is 1. The van der Waals surface area contributed by atoms with Crippen LogP contribution in [0.3, 0.4) is 0 Å². The summed E-state index contributed by atoms with van der Waals surface area (Å²) in [5, 5.41) is 0. The van der Waals surface area contributed by atoms with Crippen LogP contribution in [-0.4, -0.2) is 11.6 Å². The molecule has 1 fully saturated rings. The SMILES string of the molecule is CC(C)(C)c1cc(F)c(OCC2CC2)[nH]1. The molecule has 2 nitrogen and oxygen atoms in total. The molecule has 1 aromatic heterocycles. The molecule has 1 heterocycles. The summed E-state index contributed by atoms with van der Waals surface area (Å²) in [5.74, 6) is 0.665. The molecule has 1 aromatic rings. The van der Waals surface area contributed by atoms with Crippen molar-refractivity contribution in [3.05, 3.63) is 17.6 Å². The first kappa shape index (κ1) is 10.5. The van der Waals surface area contributed by atoms with Crippen molar-refractivity contribution in [3.8, 4) is 5.88 Å². The molecular weight excluding hydrogens is 193 g/mol. The third kappa shape index (κ3) is 2.52. The number of aromatic nitrogens is 1. The van der Waals surface area contributed by atoms with Gasteiger partial charge in [-0.2, -0.15) is 0 Å². The summed E-state index contributed by atoms with van der Waals surface area (Å²) in [7, 11) is 0. The maximum absolute atomic E-state index is 13.5. The second-order valence-corrected chi connectivity index (χ2v) is 5.36. The molecule has 15 heavy (non-hydrogen) atoms. The van der Waals surface area contributed by atoms with E-state index in [-0.39, 0.29) is 11.2 Å². The van der Waals surface area contributed by atoms with Gasteiger partial charge in [-0.1, -0.05) is 20.8 Å². The van der Waals surface area contributed by atoms with Gasteiger partial charge < -0.3 is 9.72 Å². The molecule has 84 valence electrons. The molecule has 0 atom stereocenters. The maximum atomic E-state index is 13.5. The molecule has 0 spiro atoms. The van der Waals surface area contributed by atoms with Gasteiger partial charge in [0, 0.05) is 11.1 Å². The minimum Gasteiger partial charge on any atom is -0.477 e. The molecule has 1 aliphatic rings. The average Bonchev–Trinajstić information content (AvgIpc) is 2.86. The minimum atomic E-state index is -0.277. The summed E-state index contributed by atoms with van der Waals surface area (Å²) in [5.41, 5.74) is 0.813. The Morgan fingerprint density at radius 2 is 2.13 bits per heavy atom. The molecule has 1 aliphatic carbocycles. The van der Waals surface area contributed by atoms with E-state index < -0.39 is 0 Å². The van der Waals surface area contributed by atoms with E-state index in [0.717, 1.165) is 5.69 Å². The zero-order valence-corrected chi connectivity index (χ0v) is 9.56. The van der Waals surface area contributed by atoms with Crippen molar-refractivity contribution in [2.45, 2.75) is 39.0 Å². The summed E-state index contributed by atoms with van der Waals surface area (Å²) < 4.78 is 18.9. The van der Waals surface area contributed by atoms with Crippen molar-refractivity contribution >= 4 is 0 Å². The van der Waals surface area contributed by atoms with Crippen LogP contribution in [0.4, 0.5) is 4.39 Å². The molecule has 1 saturated carbocycles. The number of aromatic amines is 1. The smallest absolute Gasteiger partial charge is 0.228 e. The van der Waals surface area contributed by atoms with Crippen molar-refractivity contribution in [1.29, 1.82) is 0 Å². The van der Waals surface area contributed by atoms with Gasteiger partial charge >= 0.3 is 0 Å². The van der Waals surface area contributed by atoms with E-state index in [0.29, 0.717) is 18.4 Å². The van der Waals surface area contributed by atoms with Gasteiger partial charge in [-0.05, 0) is 24.8 Å². The number of hydrogen-bond donors (Lipinski definition) is 1. The Morgan fingerprint density at radius 3 is 2.60 bits per heavy atom. The number of H-pyrrole nitrogens is 1. The van der Waals surface area contributed by atoms with Crippen LogP contribution in [0.2, 0.25) is 0 Å². The van der Waals surface area contributed by atoms with Gasteiger partial charge in [-0.25, -0.2) is 4.39 Å². The highest BCUT2D eigenvalue weighted by atomic mass is 19.1. The largest absolute Gasteiger partial charge is 0.477 e. The van der Waals surface area contributed by atoms with Crippen LogP contribution in [-0.2, 0) is 5.41 Å². The summed E-state index contributed by atoms with van der Waals surface area (Å²) >= 11 is 0. The highest BCUT2D eigenvalue weighted by Crippen LogP contribution is 2.31. The molecule has 0 aromatic carbocycles. The lowest BCUT2D eigenvalue weighted by atomic mass is 9.93. The molecule has 0 radical (unpaired) electrons. The monoisotopic (exact) mass is 211 g/mol. The van der Waals surface area contributed by atoms with Gasteiger partial charge in [0.2, 0.25) is 5.88 Å². The lowest BCUT2D eigenvalue weighted by Gasteiger charge is -2.15. The Kier molecular flexibility index (Phi) is 2.49. The first-order chi connectivity index (χ1) is 6.97. The van der Waals surface area contributed by atoms with Gasteiger partial charge in [0.05, 0.1) is 6.61 Å². The van der Waals surface area contributed by atoms with E-state index in [2.05, 4.69) is 4.98 Å². The standard InChI is InChI=1S/C12H18FNO/c1-12(2,3)10-6-9(13)11(14-10)15-7-8-4-5-8/h6,8,14H,4-5,7H2,1-3H3. The van der Waals surface area contributed by atoms with Gasteiger partial charge in [0.15, 0.2) is 5.82 Å². The molecule has 0 saturated heterocycles. The van der Waals surface area contributed by atoms with E-state index in [1.807, 2.05) is 20.8 Å². The van der Waals surface area contributed by atoms with E-state index in [9.17, 15) is 4.39 Å². The summed E-state index contributed by atoms with van der Waals surface area (Å²) in [4.78, 5) is 3.01. The van der Waals surface area contributed by atoms with Crippen molar-refractivity contribution in [3.63, 3.8) is 0 Å². The predicted molar refractivity (Wildman–Crippen MR) is 57.7 cm³/mol. The highest BCUT2D eigenvalue weighted by Gasteiger charge is 2.24. The quantitative estimate of drug-likeness (QED) is 0.815. The van der Waals surface area contributed by atoms with Gasteiger partial charge in [-0.15, -0.1) is 0 Å². The second kappa shape index (κ2) is 3.54. The second-order valence-electron chi connectivity index (χ2n) is 5.36. The molecule has 3 heteroatoms. The summed E-state index contributed by atoms with van der Waals surface area (Å²) in [6, 6.07) is 1.53. The van der Waals surface area contributed by atoms with E-state index in [1.54, 1.807) is 0 Å². The molecule has 0 amide bonds. The number of ether oxygens (including phenoxy) is 1. The van der Waals surface area contributed by atoms with Crippen molar-refractivity contribution in [2.75, 3.05) is 6.61 Å². The van der Waals surface area contributed by atoms with Crippen LogP contribution in [0.5, 0.6) is 5.88 Å². The van der Waals surface area contributed by atoms with E-state index in [1.165, 1.54) is 18.9 Å². The van der Waals surface area contributed by atoms with Crippen LogP contribution in [0.25, 0.3) is 0 Å². The number of hydrogen-bond acceptors (Lipinski definition) is 1. The highest BCUT2D eigenvalue weighted by molar-refractivity contribution is 5.25. The zero-order valence-electron chi connectivity index (χ0n) is 9.56. The fourth-order valence-electron chi connectivity index (χ4n) is 1.41. The number of rotatable bonds is 3. The van der Waals surface area contributed by atoms with Crippen LogP contribution in [0, 0.1) is 11.7 Å². The molecule has 2 rings (SSSR count). The minimum absolute atomic E-state index is 0.0674. The molecule has 1 N–H and O–H groups in total. The van der Waals surface area contributed by atoms with E-state index in [4.69, 9.17) is 4.74 Å². The molecule has 0 unspecified atom stereocenters. The first-order valence-corrected chi connectivity index (χ1v) is 5.48. The van der Waals surface area contributed by atoms with Crippen molar-refractivity contribution in [2.24, 2.45) is 5.92 Å². The van der Waals surface area contributed by atoms with Crippen LogP contribution in [0.15, 0.2) is 6.07 Å². The van der Waals surface area contributed by atoms with Gasteiger partial charge in [0.25, 0.3) is 0 Å². The third-order valence-corrected chi connectivity index (χ3v) is 2.70. The Morgan fingerprint density at radius 1 is 1.47 bits per heavy atom.